The number of anilines is 2. The summed E-state index contributed by atoms with van der Waals surface area (Å²) in [4.78, 5) is 29.0. The topological polar surface area (TPSA) is 88.2 Å². The van der Waals surface area contributed by atoms with Crippen LogP contribution in [0.4, 0.5) is 15.3 Å². The van der Waals surface area contributed by atoms with Gasteiger partial charge in [0.1, 0.15) is 18.0 Å². The van der Waals surface area contributed by atoms with Gasteiger partial charge in [-0.05, 0) is 30.3 Å². The minimum absolute atomic E-state index is 0.0711. The van der Waals surface area contributed by atoms with Gasteiger partial charge in [-0.15, -0.1) is 0 Å². The van der Waals surface area contributed by atoms with Gasteiger partial charge < -0.3 is 15.5 Å². The van der Waals surface area contributed by atoms with Crippen LogP contribution in [0.1, 0.15) is 0 Å². The largest absolute Gasteiger partial charge is 0.375 e. The van der Waals surface area contributed by atoms with E-state index >= 15 is 0 Å². The lowest BCUT2D eigenvalue weighted by atomic mass is 10.0. The Morgan fingerprint density at radius 1 is 1.19 bits per heavy atom. The first-order chi connectivity index (χ1) is 15.5. The van der Waals surface area contributed by atoms with Crippen LogP contribution in [-0.2, 0) is 4.79 Å². The molecule has 0 atom stereocenters. The summed E-state index contributed by atoms with van der Waals surface area (Å²) in [6, 6.07) is 6.74. The molecule has 10 heteroatoms. The molecule has 2 aromatic heterocycles. The van der Waals surface area contributed by atoms with Gasteiger partial charge in [0.05, 0.1) is 15.7 Å². The molecule has 0 bridgehead atoms. The number of rotatable bonds is 3. The molecule has 5 rings (SSSR count). The van der Waals surface area contributed by atoms with Crippen molar-refractivity contribution >= 4 is 60.9 Å². The van der Waals surface area contributed by atoms with Crippen molar-refractivity contribution in [3.63, 3.8) is 0 Å². The van der Waals surface area contributed by atoms with Gasteiger partial charge in [0, 0.05) is 47.7 Å². The summed E-state index contributed by atoms with van der Waals surface area (Å²) in [6.07, 6.45) is 2.84. The van der Waals surface area contributed by atoms with E-state index in [-0.39, 0.29) is 11.7 Å². The average molecular weight is 469 g/mol. The molecular formula is C22H18ClFN6OS. The first kappa shape index (κ1) is 20.6. The molecule has 4 aromatic rings. The van der Waals surface area contributed by atoms with E-state index in [0.29, 0.717) is 63.2 Å². The van der Waals surface area contributed by atoms with Gasteiger partial charge in [-0.2, -0.15) is 0 Å². The number of nitrogens with zero attached hydrogens (tertiary/aromatic N) is 5. The summed E-state index contributed by atoms with van der Waals surface area (Å²) in [5.41, 5.74) is 8.40. The molecule has 1 aliphatic heterocycles. The highest BCUT2D eigenvalue weighted by Gasteiger charge is 2.23. The smallest absolute Gasteiger partial charge is 0.246 e. The normalized spacial score (nSPS) is 14.3. The maximum Gasteiger partial charge on any atom is 0.246 e. The lowest BCUT2D eigenvalue weighted by Crippen LogP contribution is -2.48. The van der Waals surface area contributed by atoms with Crippen molar-refractivity contribution in [1.29, 1.82) is 0 Å². The predicted molar refractivity (Wildman–Crippen MR) is 127 cm³/mol. The van der Waals surface area contributed by atoms with Crippen LogP contribution in [0.25, 0.3) is 32.2 Å². The lowest BCUT2D eigenvalue weighted by Gasteiger charge is -2.35. The van der Waals surface area contributed by atoms with E-state index in [0.717, 1.165) is 22.5 Å². The third-order valence-electron chi connectivity index (χ3n) is 5.57. The number of amides is 1. The number of halogens is 2. The van der Waals surface area contributed by atoms with Crippen LogP contribution in [0.15, 0.2) is 43.2 Å². The van der Waals surface area contributed by atoms with Crippen molar-refractivity contribution in [3.8, 4) is 11.1 Å². The number of benzene rings is 2. The van der Waals surface area contributed by atoms with Crippen molar-refractivity contribution in [2.24, 2.45) is 0 Å². The summed E-state index contributed by atoms with van der Waals surface area (Å²) < 4.78 is 14.6. The first-order valence-corrected chi connectivity index (χ1v) is 11.1. The summed E-state index contributed by atoms with van der Waals surface area (Å²) in [7, 11) is 0. The second-order valence-electron chi connectivity index (χ2n) is 7.39. The van der Waals surface area contributed by atoms with E-state index in [2.05, 4.69) is 26.4 Å². The number of carbonyl (C=O) groups is 1. The van der Waals surface area contributed by atoms with Gasteiger partial charge in [-0.25, -0.2) is 19.3 Å². The molecule has 1 amide bonds. The summed E-state index contributed by atoms with van der Waals surface area (Å²) in [5, 5.41) is 1.58. The number of hydrogen-bond donors (Lipinski definition) is 1. The number of aromatic nitrogens is 3. The highest BCUT2D eigenvalue weighted by molar-refractivity contribution is 7.22. The number of hydrogen-bond acceptors (Lipinski definition) is 7. The van der Waals surface area contributed by atoms with Crippen LogP contribution in [0.3, 0.4) is 0 Å². The fourth-order valence-corrected chi connectivity index (χ4v) is 5.03. The van der Waals surface area contributed by atoms with Crippen molar-refractivity contribution in [2.45, 2.75) is 0 Å². The number of carbonyl (C=O) groups excluding carboxylic acids is 1. The SMILES string of the molecule is C=CC(=O)N1CCN(c2ncnc3cc(-c4ccc(F)c5sc(N)nc45)c(Cl)cc23)CC1. The van der Waals surface area contributed by atoms with Crippen molar-refractivity contribution in [1.82, 2.24) is 19.9 Å². The highest BCUT2D eigenvalue weighted by atomic mass is 35.5. The molecule has 32 heavy (non-hydrogen) atoms. The monoisotopic (exact) mass is 468 g/mol. The molecule has 0 saturated carbocycles. The zero-order chi connectivity index (χ0) is 22.4. The molecular weight excluding hydrogens is 451 g/mol. The third-order valence-corrected chi connectivity index (χ3v) is 6.78. The Balaban J connectivity index is 1.56. The van der Waals surface area contributed by atoms with E-state index in [4.69, 9.17) is 17.3 Å². The zero-order valence-corrected chi connectivity index (χ0v) is 18.5. The molecule has 3 heterocycles. The zero-order valence-electron chi connectivity index (χ0n) is 16.9. The molecule has 1 fully saturated rings. The van der Waals surface area contributed by atoms with Gasteiger partial charge >= 0.3 is 0 Å². The third kappa shape index (κ3) is 3.43. The van der Waals surface area contributed by atoms with Crippen LogP contribution in [0, 0.1) is 5.82 Å². The van der Waals surface area contributed by atoms with Crippen molar-refractivity contribution < 1.29 is 9.18 Å². The van der Waals surface area contributed by atoms with Crippen molar-refractivity contribution in [2.75, 3.05) is 36.8 Å². The Kier molecular flexibility index (Phi) is 5.15. The molecule has 7 nitrogen and oxygen atoms in total. The molecule has 2 aromatic carbocycles. The second-order valence-corrected chi connectivity index (χ2v) is 8.83. The summed E-state index contributed by atoms with van der Waals surface area (Å²) in [5.74, 6) is 0.322. The van der Waals surface area contributed by atoms with E-state index in [9.17, 15) is 9.18 Å². The van der Waals surface area contributed by atoms with Crippen LogP contribution < -0.4 is 10.6 Å². The van der Waals surface area contributed by atoms with Gasteiger partial charge in [0.15, 0.2) is 5.13 Å². The fourth-order valence-electron chi connectivity index (χ4n) is 4.00. The molecule has 0 spiro atoms. The van der Waals surface area contributed by atoms with Crippen LogP contribution in [-0.4, -0.2) is 51.9 Å². The number of piperazine rings is 1. The minimum atomic E-state index is -0.367. The Bertz CT molecular complexity index is 1380. The van der Waals surface area contributed by atoms with Crippen LogP contribution in [0.2, 0.25) is 5.02 Å². The lowest BCUT2D eigenvalue weighted by molar-refractivity contribution is -0.126. The number of thiazole rings is 1. The number of nitrogen functional groups attached to an aromatic ring is 1. The van der Waals surface area contributed by atoms with Gasteiger partial charge in [0.25, 0.3) is 0 Å². The maximum atomic E-state index is 14.2. The number of nitrogens with two attached hydrogens (primary N) is 1. The molecule has 0 aliphatic carbocycles. The number of fused-ring (bicyclic) bond motifs is 2. The van der Waals surface area contributed by atoms with Crippen molar-refractivity contribution in [3.05, 3.63) is 54.1 Å². The van der Waals surface area contributed by atoms with E-state index < -0.39 is 0 Å². The fraction of sp³-hybridized carbons (Fsp3) is 0.182. The van der Waals surface area contributed by atoms with E-state index in [1.54, 1.807) is 11.0 Å². The average Bonchev–Trinajstić information content (AvgIpc) is 3.21. The molecule has 1 saturated heterocycles. The predicted octanol–water partition coefficient (Wildman–Crippen LogP) is 4.12. The minimum Gasteiger partial charge on any atom is -0.375 e. The highest BCUT2D eigenvalue weighted by Crippen LogP contribution is 2.40. The molecule has 0 unspecified atom stereocenters. The van der Waals surface area contributed by atoms with Gasteiger partial charge in [0.2, 0.25) is 5.91 Å². The van der Waals surface area contributed by atoms with Crippen LogP contribution in [0.5, 0.6) is 0 Å². The Morgan fingerprint density at radius 3 is 2.72 bits per heavy atom. The summed E-state index contributed by atoms with van der Waals surface area (Å²) >= 11 is 7.80. The Hall–Kier alpha value is -3.30. The van der Waals surface area contributed by atoms with Crippen LogP contribution >= 0.6 is 22.9 Å². The second kappa shape index (κ2) is 7.99. The Morgan fingerprint density at radius 2 is 1.97 bits per heavy atom. The van der Waals surface area contributed by atoms with Gasteiger partial charge in [-0.3, -0.25) is 4.79 Å². The molecule has 2 N–H and O–H groups in total. The molecule has 0 radical (unpaired) electrons. The van der Waals surface area contributed by atoms with E-state index in [1.807, 2.05) is 12.1 Å². The Labute approximate surface area is 192 Å². The standard InChI is InChI=1S/C22H18ClFN6OS/c1-2-18(31)29-5-7-30(8-6-29)21-14-9-15(23)13(10-17(14)26-11-27-21)12-3-4-16(24)20-19(12)28-22(25)32-20/h2-4,9-11H,1,5-8H2,(H2,25,28). The van der Waals surface area contributed by atoms with E-state index in [1.165, 1.54) is 18.5 Å². The van der Waals surface area contributed by atoms with Gasteiger partial charge in [-0.1, -0.05) is 29.5 Å². The quantitative estimate of drug-likeness (QED) is 0.455. The first-order valence-electron chi connectivity index (χ1n) is 9.91. The maximum absolute atomic E-state index is 14.2. The molecule has 1 aliphatic rings. The summed E-state index contributed by atoms with van der Waals surface area (Å²) in [6.45, 7) is 6.00. The molecule has 162 valence electrons.